The van der Waals surface area contributed by atoms with Crippen LogP contribution in [0.4, 0.5) is 0 Å². The Morgan fingerprint density at radius 1 is 0.720 bits per heavy atom. The van der Waals surface area contributed by atoms with E-state index in [0.717, 1.165) is 11.4 Å². The van der Waals surface area contributed by atoms with E-state index in [9.17, 15) is 0 Å². The zero-order chi connectivity index (χ0) is 15.0. The van der Waals surface area contributed by atoms with Gasteiger partial charge in [0, 0.05) is 12.4 Å². The fourth-order valence-corrected chi connectivity index (χ4v) is 3.44. The van der Waals surface area contributed by atoms with E-state index in [2.05, 4.69) is 11.1 Å². The molecule has 0 radical (unpaired) electrons. The molecule has 1 aromatic rings. The second-order valence-corrected chi connectivity index (χ2v) is 6.63. The van der Waals surface area contributed by atoms with Crippen LogP contribution in [-0.4, -0.2) is 29.5 Å². The third-order valence-corrected chi connectivity index (χ3v) is 4.78. The van der Waals surface area contributed by atoms with Crippen molar-refractivity contribution < 1.29 is 41.9 Å². The Kier molecular flexibility index (Phi) is 13.5. The molecule has 0 spiro atoms. The van der Waals surface area contributed by atoms with E-state index in [1.807, 2.05) is 24.6 Å². The summed E-state index contributed by atoms with van der Waals surface area (Å²) in [5, 5.41) is 0. The maximum atomic E-state index is 4.71. The summed E-state index contributed by atoms with van der Waals surface area (Å²) < 4.78 is 0. The Morgan fingerprint density at radius 2 is 1.12 bits per heavy atom. The fourth-order valence-electron chi connectivity index (χ4n) is 3.44. The van der Waals surface area contributed by atoms with Gasteiger partial charge in [0.1, 0.15) is 0 Å². The van der Waals surface area contributed by atoms with Gasteiger partial charge in [0.05, 0.1) is 23.5 Å². The van der Waals surface area contributed by atoms with Crippen molar-refractivity contribution in [2.24, 2.45) is 9.98 Å². The molecular weight excluding hydrogens is 397 g/mol. The summed E-state index contributed by atoms with van der Waals surface area (Å²) in [6.45, 7) is 0. The van der Waals surface area contributed by atoms with E-state index in [0.29, 0.717) is 12.1 Å². The average molecular weight is 424 g/mol. The Morgan fingerprint density at radius 3 is 1.52 bits per heavy atom. The fraction of sp³-hybridized carbons (Fsp3) is 0.632. The molecule has 0 unspecified atom stereocenters. The van der Waals surface area contributed by atoms with Crippen LogP contribution in [0.5, 0.6) is 0 Å². The first-order chi connectivity index (χ1) is 10.9. The standard InChI is InChI=1S/C19H27N3.2ClH.Fe/c1-3-8-16(9-4-1)20-14-18-12-7-13-19(22-18)15-21-17-10-5-2-6-11-17;;;/h7,12-17H,1-6,8-11H2;2*1H;/q;;;+2/p-2. The molecule has 1 heterocycles. The molecular formula is C19H27Cl2FeN3. The summed E-state index contributed by atoms with van der Waals surface area (Å²) in [6.07, 6.45) is 16.9. The molecule has 3 rings (SSSR count). The first-order valence-electron chi connectivity index (χ1n) is 8.93. The number of hydrogen-bond donors (Lipinski definition) is 0. The second kappa shape index (κ2) is 13.7. The van der Waals surface area contributed by atoms with Crippen LogP contribution in [-0.2, 0) is 17.1 Å². The van der Waals surface area contributed by atoms with Crippen molar-refractivity contribution >= 4 is 12.4 Å². The maximum Gasteiger partial charge on any atom is 2.00 e. The molecule has 140 valence electrons. The zero-order valence-corrected chi connectivity index (χ0v) is 17.2. The van der Waals surface area contributed by atoms with Gasteiger partial charge >= 0.3 is 17.1 Å². The molecule has 0 aliphatic heterocycles. The molecule has 3 nitrogen and oxygen atoms in total. The second-order valence-electron chi connectivity index (χ2n) is 6.63. The molecule has 2 aliphatic rings. The number of halogens is 2. The molecule has 2 aliphatic carbocycles. The summed E-state index contributed by atoms with van der Waals surface area (Å²) in [5.74, 6) is 0. The maximum absolute atomic E-state index is 4.71. The Balaban J connectivity index is 0.00000192. The average Bonchev–Trinajstić information content (AvgIpc) is 2.60. The summed E-state index contributed by atoms with van der Waals surface area (Å²) in [7, 11) is 0. The molecule has 0 bridgehead atoms. The van der Waals surface area contributed by atoms with Crippen LogP contribution in [0.3, 0.4) is 0 Å². The van der Waals surface area contributed by atoms with Crippen LogP contribution in [0.1, 0.15) is 75.6 Å². The molecule has 0 amide bonds. The minimum Gasteiger partial charge on any atom is -1.00 e. The molecule has 2 saturated carbocycles. The predicted molar refractivity (Wildman–Crippen MR) is 93.2 cm³/mol. The number of pyridine rings is 1. The number of aromatic nitrogens is 1. The largest absolute Gasteiger partial charge is 2.00 e. The molecule has 6 heteroatoms. The zero-order valence-electron chi connectivity index (χ0n) is 14.6. The van der Waals surface area contributed by atoms with Gasteiger partial charge in [-0.05, 0) is 37.8 Å². The van der Waals surface area contributed by atoms with Gasteiger partial charge in [0.25, 0.3) is 0 Å². The minimum absolute atomic E-state index is 0. The van der Waals surface area contributed by atoms with Crippen molar-refractivity contribution in [3.05, 3.63) is 29.6 Å². The minimum atomic E-state index is 0. The Hall–Kier alpha value is -0.411. The van der Waals surface area contributed by atoms with Gasteiger partial charge in [0.15, 0.2) is 0 Å². The topological polar surface area (TPSA) is 37.6 Å². The van der Waals surface area contributed by atoms with Crippen molar-refractivity contribution in [1.82, 2.24) is 4.98 Å². The van der Waals surface area contributed by atoms with E-state index in [-0.39, 0.29) is 41.9 Å². The third-order valence-electron chi connectivity index (χ3n) is 4.78. The smallest absolute Gasteiger partial charge is 1.00 e. The van der Waals surface area contributed by atoms with E-state index >= 15 is 0 Å². The first kappa shape index (κ1) is 24.6. The van der Waals surface area contributed by atoms with Gasteiger partial charge in [-0.1, -0.05) is 44.6 Å². The molecule has 0 atom stereocenters. The van der Waals surface area contributed by atoms with Crippen molar-refractivity contribution in [2.45, 2.75) is 76.3 Å². The van der Waals surface area contributed by atoms with E-state index in [1.165, 1.54) is 64.2 Å². The van der Waals surface area contributed by atoms with Crippen LogP contribution >= 0.6 is 0 Å². The Labute approximate surface area is 174 Å². The number of rotatable bonds is 4. The first-order valence-corrected chi connectivity index (χ1v) is 8.93. The molecule has 0 N–H and O–H groups in total. The van der Waals surface area contributed by atoms with Gasteiger partial charge in [-0.25, -0.2) is 4.98 Å². The van der Waals surface area contributed by atoms with Crippen molar-refractivity contribution in [2.75, 3.05) is 0 Å². The monoisotopic (exact) mass is 423 g/mol. The molecule has 0 saturated heterocycles. The van der Waals surface area contributed by atoms with Gasteiger partial charge in [0.2, 0.25) is 0 Å². The van der Waals surface area contributed by atoms with Gasteiger partial charge in [-0.2, -0.15) is 0 Å². The van der Waals surface area contributed by atoms with E-state index in [4.69, 9.17) is 9.98 Å². The van der Waals surface area contributed by atoms with Crippen LogP contribution in [0.2, 0.25) is 0 Å². The summed E-state index contributed by atoms with van der Waals surface area (Å²) >= 11 is 0. The van der Waals surface area contributed by atoms with E-state index in [1.54, 1.807) is 0 Å². The molecule has 0 aromatic carbocycles. The van der Waals surface area contributed by atoms with Gasteiger partial charge < -0.3 is 24.8 Å². The molecule has 1 aromatic heterocycles. The van der Waals surface area contributed by atoms with Crippen LogP contribution in [0, 0.1) is 0 Å². The van der Waals surface area contributed by atoms with Crippen LogP contribution < -0.4 is 24.8 Å². The Bertz CT molecular complexity index is 482. The number of nitrogens with zero attached hydrogens (tertiary/aromatic N) is 3. The SMILES string of the molecule is C(=NC1CCCCC1)c1cccc(C=NC2CCCCC2)n1.[Cl-].[Cl-].[Fe+2]. The number of aliphatic imine (C=N–C) groups is 2. The number of hydrogen-bond acceptors (Lipinski definition) is 3. The normalized spacial score (nSPS) is 19.2. The van der Waals surface area contributed by atoms with Gasteiger partial charge in [-0.3, -0.25) is 9.98 Å². The van der Waals surface area contributed by atoms with Crippen LogP contribution in [0.25, 0.3) is 0 Å². The molecule has 25 heavy (non-hydrogen) atoms. The van der Waals surface area contributed by atoms with Crippen LogP contribution in [0.15, 0.2) is 28.2 Å². The summed E-state index contributed by atoms with van der Waals surface area (Å²) in [4.78, 5) is 14.1. The van der Waals surface area contributed by atoms with Crippen molar-refractivity contribution in [3.8, 4) is 0 Å². The van der Waals surface area contributed by atoms with Crippen molar-refractivity contribution in [1.29, 1.82) is 0 Å². The van der Waals surface area contributed by atoms with Crippen molar-refractivity contribution in [3.63, 3.8) is 0 Å². The summed E-state index contributed by atoms with van der Waals surface area (Å²) in [6, 6.07) is 7.14. The predicted octanol–water partition coefficient (Wildman–Crippen LogP) is -1.41. The summed E-state index contributed by atoms with van der Waals surface area (Å²) in [5.41, 5.74) is 1.91. The quantitative estimate of drug-likeness (QED) is 0.433. The third kappa shape index (κ3) is 8.68. The van der Waals surface area contributed by atoms with Gasteiger partial charge in [-0.15, -0.1) is 0 Å². The molecule has 2 fully saturated rings. The van der Waals surface area contributed by atoms with E-state index < -0.39 is 0 Å².